The van der Waals surface area contributed by atoms with Crippen molar-refractivity contribution in [3.8, 4) is 0 Å². The number of hydrogen-bond donors (Lipinski definition) is 0. The zero-order chi connectivity index (χ0) is 7.61. The molecular weight excluding hydrogens is 188 g/mol. The molecule has 10 heavy (non-hydrogen) atoms. The maximum Gasteiger partial charge on any atom is 0.0245 e. The zero-order valence-electron chi connectivity index (χ0n) is 6.52. The highest BCUT2D eigenvalue weighted by molar-refractivity contribution is 9.09. The van der Waals surface area contributed by atoms with E-state index >= 15 is 0 Å². The van der Waals surface area contributed by atoms with Gasteiger partial charge >= 0.3 is 0 Å². The molecule has 1 heteroatoms. The van der Waals surface area contributed by atoms with E-state index in [2.05, 4.69) is 48.0 Å². The van der Waals surface area contributed by atoms with Crippen LogP contribution in [0.5, 0.6) is 0 Å². The van der Waals surface area contributed by atoms with Gasteiger partial charge < -0.3 is 0 Å². The Morgan fingerprint density at radius 3 is 2.70 bits per heavy atom. The van der Waals surface area contributed by atoms with E-state index in [-0.39, 0.29) is 0 Å². The van der Waals surface area contributed by atoms with Crippen LogP contribution in [0.15, 0.2) is 23.8 Å². The Labute approximate surface area is 71.1 Å². The SMILES string of the molecule is CC1(C)C=CC=C(CBr)C1. The summed E-state index contributed by atoms with van der Waals surface area (Å²) in [7, 11) is 0. The summed E-state index contributed by atoms with van der Waals surface area (Å²) in [5.41, 5.74) is 1.87. The lowest BCUT2D eigenvalue weighted by Gasteiger charge is -2.23. The van der Waals surface area contributed by atoms with E-state index in [1.807, 2.05) is 0 Å². The molecule has 0 aromatic heterocycles. The quantitative estimate of drug-likeness (QED) is 0.571. The standard InChI is InChI=1S/C9H13Br/c1-9(2)5-3-4-8(6-9)7-10/h3-5H,6-7H2,1-2H3. The topological polar surface area (TPSA) is 0 Å². The second-order valence-electron chi connectivity index (χ2n) is 3.48. The lowest BCUT2D eigenvalue weighted by molar-refractivity contribution is 0.471. The fourth-order valence-electron chi connectivity index (χ4n) is 1.24. The van der Waals surface area contributed by atoms with Crippen molar-refractivity contribution in [1.29, 1.82) is 0 Å². The third kappa shape index (κ3) is 1.98. The second kappa shape index (κ2) is 2.91. The lowest BCUT2D eigenvalue weighted by Crippen LogP contribution is -2.11. The van der Waals surface area contributed by atoms with Gasteiger partial charge in [0.2, 0.25) is 0 Å². The van der Waals surface area contributed by atoms with Gasteiger partial charge in [0.05, 0.1) is 0 Å². The van der Waals surface area contributed by atoms with Gasteiger partial charge in [-0.25, -0.2) is 0 Å². The number of halogens is 1. The molecule has 0 fully saturated rings. The second-order valence-corrected chi connectivity index (χ2v) is 4.04. The highest BCUT2D eigenvalue weighted by Crippen LogP contribution is 2.30. The lowest BCUT2D eigenvalue weighted by atomic mass is 9.83. The van der Waals surface area contributed by atoms with Gasteiger partial charge in [0.1, 0.15) is 0 Å². The predicted molar refractivity (Wildman–Crippen MR) is 49.4 cm³/mol. The molecule has 0 saturated carbocycles. The molecule has 56 valence electrons. The first-order valence-corrected chi connectivity index (χ1v) is 4.69. The Morgan fingerprint density at radius 2 is 2.30 bits per heavy atom. The molecule has 0 radical (unpaired) electrons. The Hall–Kier alpha value is -0.0400. The normalized spacial score (nSPS) is 22.5. The average molecular weight is 201 g/mol. The maximum atomic E-state index is 3.46. The van der Waals surface area contributed by atoms with Crippen molar-refractivity contribution < 1.29 is 0 Å². The van der Waals surface area contributed by atoms with E-state index in [1.165, 1.54) is 12.0 Å². The van der Waals surface area contributed by atoms with Crippen molar-refractivity contribution >= 4 is 15.9 Å². The van der Waals surface area contributed by atoms with Crippen LogP contribution >= 0.6 is 15.9 Å². The molecule has 0 saturated heterocycles. The number of hydrogen-bond acceptors (Lipinski definition) is 0. The molecule has 0 unspecified atom stereocenters. The van der Waals surface area contributed by atoms with E-state index in [0.29, 0.717) is 5.41 Å². The van der Waals surface area contributed by atoms with Crippen molar-refractivity contribution in [2.45, 2.75) is 20.3 Å². The van der Waals surface area contributed by atoms with Crippen LogP contribution in [0, 0.1) is 5.41 Å². The van der Waals surface area contributed by atoms with E-state index in [4.69, 9.17) is 0 Å². The Balaban J connectivity index is 2.68. The van der Waals surface area contributed by atoms with Gasteiger partial charge in [0, 0.05) is 5.33 Å². The van der Waals surface area contributed by atoms with Gasteiger partial charge in [-0.1, -0.05) is 53.6 Å². The average Bonchev–Trinajstić information content (AvgIpc) is 1.86. The molecule has 0 amide bonds. The summed E-state index contributed by atoms with van der Waals surface area (Å²) in [6.07, 6.45) is 7.80. The largest absolute Gasteiger partial charge is 0.0880 e. The summed E-state index contributed by atoms with van der Waals surface area (Å²) in [5.74, 6) is 0. The first-order valence-electron chi connectivity index (χ1n) is 3.57. The molecule has 0 N–H and O–H groups in total. The van der Waals surface area contributed by atoms with Crippen LogP contribution in [0.1, 0.15) is 20.3 Å². The summed E-state index contributed by atoms with van der Waals surface area (Å²) in [6.45, 7) is 4.53. The molecule has 1 rings (SSSR count). The van der Waals surface area contributed by atoms with Crippen LogP contribution in [-0.2, 0) is 0 Å². The first kappa shape index (κ1) is 8.06. The highest BCUT2D eigenvalue weighted by Gasteiger charge is 2.17. The van der Waals surface area contributed by atoms with Crippen LogP contribution in [0.25, 0.3) is 0 Å². The molecule has 0 aromatic carbocycles. The smallest absolute Gasteiger partial charge is 0.0245 e. The third-order valence-corrected chi connectivity index (χ3v) is 2.45. The van der Waals surface area contributed by atoms with E-state index in [9.17, 15) is 0 Å². The number of rotatable bonds is 1. The molecule has 1 aliphatic rings. The minimum atomic E-state index is 0.373. The number of allylic oxidation sites excluding steroid dienone is 4. The number of alkyl halides is 1. The molecule has 1 aliphatic carbocycles. The molecule has 0 heterocycles. The summed E-state index contributed by atoms with van der Waals surface area (Å²) in [4.78, 5) is 0. The van der Waals surface area contributed by atoms with Crippen LogP contribution in [0.3, 0.4) is 0 Å². The summed E-state index contributed by atoms with van der Waals surface area (Å²) in [5, 5.41) is 1.01. The van der Waals surface area contributed by atoms with Gasteiger partial charge in [-0.3, -0.25) is 0 Å². The summed E-state index contributed by atoms with van der Waals surface area (Å²) >= 11 is 3.46. The predicted octanol–water partition coefficient (Wildman–Crippen LogP) is 3.29. The van der Waals surface area contributed by atoms with Crippen molar-refractivity contribution in [2.24, 2.45) is 5.41 Å². The van der Waals surface area contributed by atoms with Gasteiger partial charge in [-0.15, -0.1) is 0 Å². The molecule has 0 nitrogen and oxygen atoms in total. The van der Waals surface area contributed by atoms with Crippen LogP contribution in [-0.4, -0.2) is 5.33 Å². The zero-order valence-corrected chi connectivity index (χ0v) is 8.11. The Bertz CT molecular complexity index is 175. The van der Waals surface area contributed by atoms with Crippen molar-refractivity contribution in [2.75, 3.05) is 5.33 Å². The van der Waals surface area contributed by atoms with Gasteiger partial charge in [-0.2, -0.15) is 0 Å². The first-order chi connectivity index (χ1) is 4.64. The molecule has 0 aliphatic heterocycles. The molecule has 0 bridgehead atoms. The highest BCUT2D eigenvalue weighted by atomic mass is 79.9. The Kier molecular flexibility index (Phi) is 2.35. The van der Waals surface area contributed by atoms with Crippen LogP contribution in [0.2, 0.25) is 0 Å². The summed E-state index contributed by atoms with van der Waals surface area (Å²) < 4.78 is 0. The monoisotopic (exact) mass is 200 g/mol. The van der Waals surface area contributed by atoms with E-state index < -0.39 is 0 Å². The van der Waals surface area contributed by atoms with Crippen molar-refractivity contribution in [3.05, 3.63) is 23.8 Å². The molecular formula is C9H13Br. The maximum absolute atomic E-state index is 3.46. The van der Waals surface area contributed by atoms with Gasteiger partial charge in [0.15, 0.2) is 0 Å². The van der Waals surface area contributed by atoms with Crippen LogP contribution in [0.4, 0.5) is 0 Å². The van der Waals surface area contributed by atoms with Crippen LogP contribution < -0.4 is 0 Å². The minimum Gasteiger partial charge on any atom is -0.0880 e. The van der Waals surface area contributed by atoms with Crippen molar-refractivity contribution in [3.63, 3.8) is 0 Å². The fourth-order valence-corrected chi connectivity index (χ4v) is 1.62. The Morgan fingerprint density at radius 1 is 1.60 bits per heavy atom. The van der Waals surface area contributed by atoms with E-state index in [0.717, 1.165) is 5.33 Å². The molecule has 0 atom stereocenters. The fraction of sp³-hybridized carbons (Fsp3) is 0.556. The minimum absolute atomic E-state index is 0.373. The van der Waals surface area contributed by atoms with E-state index in [1.54, 1.807) is 0 Å². The summed E-state index contributed by atoms with van der Waals surface area (Å²) in [6, 6.07) is 0. The van der Waals surface area contributed by atoms with Crippen molar-refractivity contribution in [1.82, 2.24) is 0 Å². The molecule has 0 aromatic rings. The van der Waals surface area contributed by atoms with Gasteiger partial charge in [0.25, 0.3) is 0 Å². The van der Waals surface area contributed by atoms with Gasteiger partial charge in [-0.05, 0) is 11.8 Å². The third-order valence-electron chi connectivity index (χ3n) is 1.73. The molecule has 0 spiro atoms.